The molecule has 0 saturated carbocycles. The second-order valence-corrected chi connectivity index (χ2v) is 8.02. The average Bonchev–Trinajstić information content (AvgIpc) is 2.82. The van der Waals surface area contributed by atoms with Gasteiger partial charge in [-0.3, -0.25) is 14.0 Å². The Bertz CT molecular complexity index is 1370. The number of rotatable bonds is 4. The predicted molar refractivity (Wildman–Crippen MR) is 123 cm³/mol. The van der Waals surface area contributed by atoms with Crippen LogP contribution in [0.4, 0.5) is 0 Å². The van der Waals surface area contributed by atoms with Crippen LogP contribution in [0, 0.1) is 25.2 Å². The van der Waals surface area contributed by atoms with E-state index in [1.54, 1.807) is 30.5 Å². The lowest BCUT2D eigenvalue weighted by Gasteiger charge is -2.26. The van der Waals surface area contributed by atoms with E-state index in [0.29, 0.717) is 42.7 Å². The number of morpholine rings is 1. The summed E-state index contributed by atoms with van der Waals surface area (Å²) < 4.78 is 12.6. The molecule has 1 amide bonds. The summed E-state index contributed by atoms with van der Waals surface area (Å²) in [4.78, 5) is 32.4. The molecule has 0 radical (unpaired) electrons. The number of pyridine rings is 1. The van der Waals surface area contributed by atoms with E-state index in [9.17, 15) is 14.9 Å². The number of nitriles is 1. The summed E-state index contributed by atoms with van der Waals surface area (Å²) in [5.74, 6) is -0.0456. The van der Waals surface area contributed by atoms with Crippen molar-refractivity contribution in [3.63, 3.8) is 0 Å². The molecule has 168 valence electrons. The van der Waals surface area contributed by atoms with Gasteiger partial charge in [0.05, 0.1) is 13.2 Å². The fourth-order valence-corrected chi connectivity index (χ4v) is 3.63. The molecule has 2 aromatic heterocycles. The Kier molecular flexibility index (Phi) is 6.45. The standard InChI is InChI=1S/C24H21ClN4O4/c1-15-4-3-7-29-21(15)27-22(33-18-5-6-20(25)16(2)12-18)19(24(29)31)13-17(14-26)23(30)28-8-10-32-11-9-28/h3-7,12-13H,8-11H2,1-2H3/b17-13+. The number of ether oxygens (including phenoxy) is 2. The maximum absolute atomic E-state index is 13.4. The van der Waals surface area contributed by atoms with Crippen LogP contribution in [0.5, 0.6) is 11.6 Å². The minimum absolute atomic E-state index is 0.00134. The smallest absolute Gasteiger partial charge is 0.269 e. The van der Waals surface area contributed by atoms with Gasteiger partial charge in [0.1, 0.15) is 28.6 Å². The zero-order valence-corrected chi connectivity index (χ0v) is 18.9. The van der Waals surface area contributed by atoms with Crippen molar-refractivity contribution in [3.8, 4) is 17.7 Å². The number of aryl methyl sites for hydroxylation is 2. The van der Waals surface area contributed by atoms with E-state index in [1.807, 2.05) is 26.0 Å². The highest BCUT2D eigenvalue weighted by molar-refractivity contribution is 6.31. The van der Waals surface area contributed by atoms with Crippen molar-refractivity contribution in [1.82, 2.24) is 14.3 Å². The highest BCUT2D eigenvalue weighted by Crippen LogP contribution is 2.28. The minimum atomic E-state index is -0.470. The summed E-state index contributed by atoms with van der Waals surface area (Å²) >= 11 is 6.11. The van der Waals surface area contributed by atoms with Crippen LogP contribution in [-0.4, -0.2) is 46.5 Å². The van der Waals surface area contributed by atoms with Crippen molar-refractivity contribution < 1.29 is 14.3 Å². The SMILES string of the molecule is Cc1cc(Oc2nc3c(C)cccn3c(=O)c2/C=C(\C#N)C(=O)N2CCOCC2)ccc1Cl. The van der Waals surface area contributed by atoms with Crippen molar-refractivity contribution >= 4 is 29.2 Å². The Hall–Kier alpha value is -3.67. The molecule has 1 aliphatic rings. The van der Waals surface area contributed by atoms with Crippen molar-refractivity contribution in [1.29, 1.82) is 5.26 Å². The molecule has 0 spiro atoms. The molecule has 3 heterocycles. The number of hydrogen-bond donors (Lipinski definition) is 0. The van der Waals surface area contributed by atoms with Crippen LogP contribution in [0.15, 0.2) is 46.9 Å². The average molecular weight is 465 g/mol. The van der Waals surface area contributed by atoms with Crippen LogP contribution in [0.3, 0.4) is 0 Å². The Morgan fingerprint density at radius 1 is 1.24 bits per heavy atom. The number of hydrogen-bond acceptors (Lipinski definition) is 6. The third-order valence-electron chi connectivity index (χ3n) is 5.33. The molecule has 8 nitrogen and oxygen atoms in total. The largest absolute Gasteiger partial charge is 0.438 e. The molecule has 9 heteroatoms. The van der Waals surface area contributed by atoms with Gasteiger partial charge in [0.15, 0.2) is 0 Å². The molecule has 1 aliphatic heterocycles. The van der Waals surface area contributed by atoms with Gasteiger partial charge in [-0.05, 0) is 55.3 Å². The summed E-state index contributed by atoms with van der Waals surface area (Å²) in [7, 11) is 0. The van der Waals surface area contributed by atoms with E-state index < -0.39 is 11.5 Å². The first-order valence-corrected chi connectivity index (χ1v) is 10.7. The number of benzene rings is 1. The molecule has 1 aromatic carbocycles. The van der Waals surface area contributed by atoms with Gasteiger partial charge in [0.2, 0.25) is 5.88 Å². The van der Waals surface area contributed by atoms with E-state index in [0.717, 1.165) is 11.1 Å². The predicted octanol–water partition coefficient (Wildman–Crippen LogP) is 3.52. The Labute approximate surface area is 195 Å². The highest BCUT2D eigenvalue weighted by atomic mass is 35.5. The van der Waals surface area contributed by atoms with Crippen molar-refractivity contribution in [3.05, 3.63) is 74.2 Å². The quantitative estimate of drug-likeness (QED) is 0.433. The molecule has 0 aliphatic carbocycles. The van der Waals surface area contributed by atoms with Gasteiger partial charge in [-0.2, -0.15) is 10.2 Å². The Balaban J connectivity index is 1.86. The fourth-order valence-electron chi connectivity index (χ4n) is 3.51. The Morgan fingerprint density at radius 2 is 2.00 bits per heavy atom. The number of amides is 1. The zero-order valence-electron chi connectivity index (χ0n) is 18.2. The molecule has 0 unspecified atom stereocenters. The minimum Gasteiger partial charge on any atom is -0.438 e. The lowest BCUT2D eigenvalue weighted by atomic mass is 10.1. The van der Waals surface area contributed by atoms with Crippen LogP contribution in [0.25, 0.3) is 11.7 Å². The summed E-state index contributed by atoms with van der Waals surface area (Å²) in [6.45, 7) is 5.20. The molecule has 3 aromatic rings. The van der Waals surface area contributed by atoms with Gasteiger partial charge in [-0.1, -0.05) is 17.7 Å². The molecule has 1 saturated heterocycles. The lowest BCUT2D eigenvalue weighted by molar-refractivity contribution is -0.130. The molecular weight excluding hydrogens is 444 g/mol. The maximum atomic E-state index is 13.4. The van der Waals surface area contributed by atoms with E-state index in [4.69, 9.17) is 21.1 Å². The molecule has 4 rings (SSSR count). The molecule has 33 heavy (non-hydrogen) atoms. The van der Waals surface area contributed by atoms with Gasteiger partial charge in [0, 0.05) is 24.3 Å². The first-order chi connectivity index (χ1) is 15.9. The van der Waals surface area contributed by atoms with E-state index in [1.165, 1.54) is 15.4 Å². The summed E-state index contributed by atoms with van der Waals surface area (Å²) in [5, 5.41) is 10.3. The maximum Gasteiger partial charge on any atom is 0.269 e. The Morgan fingerprint density at radius 3 is 2.70 bits per heavy atom. The highest BCUT2D eigenvalue weighted by Gasteiger charge is 2.23. The van der Waals surface area contributed by atoms with Gasteiger partial charge in [-0.15, -0.1) is 0 Å². The first-order valence-electron chi connectivity index (χ1n) is 10.3. The third-order valence-corrected chi connectivity index (χ3v) is 5.76. The van der Waals surface area contributed by atoms with Crippen LogP contribution in [0.1, 0.15) is 16.7 Å². The molecule has 0 atom stereocenters. The molecule has 0 N–H and O–H groups in total. The zero-order chi connectivity index (χ0) is 23.5. The van der Waals surface area contributed by atoms with Crippen LogP contribution >= 0.6 is 11.6 Å². The third kappa shape index (κ3) is 4.60. The van der Waals surface area contributed by atoms with Gasteiger partial charge < -0.3 is 14.4 Å². The first kappa shape index (κ1) is 22.5. The van der Waals surface area contributed by atoms with Crippen molar-refractivity contribution in [2.75, 3.05) is 26.3 Å². The summed E-state index contributed by atoms with van der Waals surface area (Å²) in [6.07, 6.45) is 2.83. The molecular formula is C24H21ClN4O4. The summed E-state index contributed by atoms with van der Waals surface area (Å²) in [6, 6.07) is 10.5. The van der Waals surface area contributed by atoms with E-state index >= 15 is 0 Å². The van der Waals surface area contributed by atoms with E-state index in [2.05, 4.69) is 4.98 Å². The van der Waals surface area contributed by atoms with Crippen LogP contribution in [-0.2, 0) is 9.53 Å². The van der Waals surface area contributed by atoms with Gasteiger partial charge >= 0.3 is 0 Å². The summed E-state index contributed by atoms with van der Waals surface area (Å²) in [5.41, 5.74) is 1.35. The number of halogens is 1. The number of nitrogens with zero attached hydrogens (tertiary/aromatic N) is 4. The number of fused-ring (bicyclic) bond motifs is 1. The van der Waals surface area contributed by atoms with Crippen molar-refractivity contribution in [2.45, 2.75) is 13.8 Å². The number of aromatic nitrogens is 2. The van der Waals surface area contributed by atoms with E-state index in [-0.39, 0.29) is 17.0 Å². The van der Waals surface area contributed by atoms with Crippen LogP contribution in [0.2, 0.25) is 5.02 Å². The number of carbonyl (C=O) groups excluding carboxylic acids is 1. The monoisotopic (exact) mass is 464 g/mol. The second-order valence-electron chi connectivity index (χ2n) is 7.61. The second kappa shape index (κ2) is 9.45. The normalized spacial score (nSPS) is 14.2. The van der Waals surface area contributed by atoms with Gasteiger partial charge in [0.25, 0.3) is 11.5 Å². The van der Waals surface area contributed by atoms with Crippen molar-refractivity contribution in [2.24, 2.45) is 0 Å². The topological polar surface area (TPSA) is 96.9 Å². The van der Waals surface area contributed by atoms with Gasteiger partial charge in [-0.25, -0.2) is 0 Å². The molecule has 0 bridgehead atoms. The molecule has 1 fully saturated rings. The lowest BCUT2D eigenvalue weighted by Crippen LogP contribution is -2.41. The number of carbonyl (C=O) groups is 1. The van der Waals surface area contributed by atoms with Crippen LogP contribution < -0.4 is 10.3 Å². The fraction of sp³-hybridized carbons (Fsp3) is 0.250.